The number of aromatic nitrogens is 5. The highest BCUT2D eigenvalue weighted by Crippen LogP contribution is 2.27. The Morgan fingerprint density at radius 3 is 2.89 bits per heavy atom. The topological polar surface area (TPSA) is 90.8 Å². The summed E-state index contributed by atoms with van der Waals surface area (Å²) >= 11 is 0. The minimum Gasteiger partial charge on any atom is -0.463 e. The summed E-state index contributed by atoms with van der Waals surface area (Å²) in [7, 11) is 3.72. The van der Waals surface area contributed by atoms with E-state index in [4.69, 9.17) is 4.42 Å². The number of carbonyl (C=O) groups is 1. The monoisotopic (exact) mass is 378 g/mol. The van der Waals surface area contributed by atoms with E-state index in [-0.39, 0.29) is 5.91 Å². The molecule has 8 nitrogen and oxygen atoms in total. The van der Waals surface area contributed by atoms with Crippen molar-refractivity contribution in [3.63, 3.8) is 0 Å². The lowest BCUT2D eigenvalue weighted by Crippen LogP contribution is -2.25. The van der Waals surface area contributed by atoms with Gasteiger partial charge in [0, 0.05) is 26.8 Å². The van der Waals surface area contributed by atoms with Gasteiger partial charge < -0.3 is 9.73 Å². The molecule has 4 rings (SSSR count). The van der Waals surface area contributed by atoms with E-state index < -0.39 is 0 Å². The minimum atomic E-state index is -0.137. The fourth-order valence-corrected chi connectivity index (χ4v) is 3.37. The van der Waals surface area contributed by atoms with E-state index in [2.05, 4.69) is 20.5 Å². The summed E-state index contributed by atoms with van der Waals surface area (Å²) in [5.74, 6) is 0.480. The maximum Gasteiger partial charge on any atom is 0.252 e. The molecule has 0 saturated heterocycles. The van der Waals surface area contributed by atoms with Gasteiger partial charge in [0.15, 0.2) is 11.4 Å². The first-order valence-corrected chi connectivity index (χ1v) is 9.17. The first-order valence-electron chi connectivity index (χ1n) is 9.17. The summed E-state index contributed by atoms with van der Waals surface area (Å²) in [6.45, 7) is 2.46. The smallest absolute Gasteiger partial charge is 0.252 e. The molecule has 0 saturated carbocycles. The van der Waals surface area contributed by atoms with Crippen LogP contribution in [0.15, 0.2) is 41.3 Å². The molecule has 0 bridgehead atoms. The van der Waals surface area contributed by atoms with E-state index in [1.54, 1.807) is 27.8 Å². The van der Waals surface area contributed by atoms with Crippen LogP contribution < -0.4 is 5.32 Å². The first kappa shape index (κ1) is 18.0. The van der Waals surface area contributed by atoms with Gasteiger partial charge in [0.25, 0.3) is 5.91 Å². The second-order valence-electron chi connectivity index (χ2n) is 6.82. The first-order chi connectivity index (χ1) is 13.5. The Kier molecular flexibility index (Phi) is 4.68. The van der Waals surface area contributed by atoms with Crippen LogP contribution >= 0.6 is 0 Å². The highest BCUT2D eigenvalue weighted by Gasteiger charge is 2.19. The van der Waals surface area contributed by atoms with Crippen LogP contribution in [0.1, 0.15) is 28.0 Å². The fourth-order valence-electron chi connectivity index (χ4n) is 3.37. The maximum absolute atomic E-state index is 12.9. The van der Waals surface area contributed by atoms with E-state index in [0.717, 1.165) is 29.5 Å². The van der Waals surface area contributed by atoms with Crippen LogP contribution in [-0.4, -0.2) is 37.0 Å². The van der Waals surface area contributed by atoms with Crippen LogP contribution in [0.4, 0.5) is 0 Å². The Hall–Kier alpha value is -3.42. The largest absolute Gasteiger partial charge is 0.463 e. The Bertz CT molecular complexity index is 1120. The number of fused-ring (bicyclic) bond motifs is 1. The van der Waals surface area contributed by atoms with Gasteiger partial charge in [-0.1, -0.05) is 0 Å². The summed E-state index contributed by atoms with van der Waals surface area (Å²) in [4.78, 5) is 17.6. The third-order valence-corrected chi connectivity index (χ3v) is 4.67. The lowest BCUT2D eigenvalue weighted by molar-refractivity contribution is 0.0955. The van der Waals surface area contributed by atoms with E-state index in [1.165, 1.54) is 0 Å². The lowest BCUT2D eigenvalue weighted by Gasteiger charge is -2.08. The number of carbonyl (C=O) groups excluding carboxylic acids is 1. The molecule has 0 spiro atoms. The quantitative estimate of drug-likeness (QED) is 0.521. The van der Waals surface area contributed by atoms with Crippen LogP contribution in [0, 0.1) is 6.92 Å². The standard InChI is InChI=1S/C20H22N6O2/c1-13-18-15(20(27)21-8-4-6-14-11-22-25(2)12-14)10-16(17-7-5-9-28-17)23-19(18)26(3)24-13/h5,7,9-12H,4,6,8H2,1-3H3,(H,21,27). The molecule has 28 heavy (non-hydrogen) atoms. The zero-order chi connectivity index (χ0) is 19.7. The highest BCUT2D eigenvalue weighted by molar-refractivity contribution is 6.07. The SMILES string of the molecule is Cc1nn(C)c2nc(-c3ccco3)cc(C(=O)NCCCc3cnn(C)c3)c12. The van der Waals surface area contributed by atoms with Gasteiger partial charge in [0.05, 0.1) is 29.1 Å². The molecule has 1 amide bonds. The van der Waals surface area contributed by atoms with Gasteiger partial charge in [-0.3, -0.25) is 14.2 Å². The zero-order valence-corrected chi connectivity index (χ0v) is 16.1. The molecule has 0 aromatic carbocycles. The molecule has 0 atom stereocenters. The van der Waals surface area contributed by atoms with Gasteiger partial charge in [-0.2, -0.15) is 10.2 Å². The Balaban J connectivity index is 1.56. The fraction of sp³-hybridized carbons (Fsp3) is 0.300. The van der Waals surface area contributed by atoms with Crippen molar-refractivity contribution in [1.82, 2.24) is 29.9 Å². The molecule has 8 heteroatoms. The zero-order valence-electron chi connectivity index (χ0n) is 16.1. The van der Waals surface area contributed by atoms with E-state index >= 15 is 0 Å². The predicted molar refractivity (Wildman–Crippen MR) is 105 cm³/mol. The van der Waals surface area contributed by atoms with Crippen molar-refractivity contribution in [3.8, 4) is 11.5 Å². The number of hydrogen-bond acceptors (Lipinski definition) is 5. The maximum atomic E-state index is 12.9. The van der Waals surface area contributed by atoms with E-state index in [0.29, 0.717) is 29.2 Å². The Labute approximate surface area is 162 Å². The lowest BCUT2D eigenvalue weighted by atomic mass is 10.1. The number of hydrogen-bond donors (Lipinski definition) is 1. The summed E-state index contributed by atoms with van der Waals surface area (Å²) < 4.78 is 8.94. The average molecular weight is 378 g/mol. The van der Waals surface area contributed by atoms with Gasteiger partial charge in [0.1, 0.15) is 5.69 Å². The molecule has 0 aliphatic rings. The molecule has 0 radical (unpaired) electrons. The summed E-state index contributed by atoms with van der Waals surface area (Å²) in [6, 6.07) is 5.40. The number of nitrogens with one attached hydrogen (secondary N) is 1. The normalized spacial score (nSPS) is 11.2. The summed E-state index contributed by atoms with van der Waals surface area (Å²) in [6.07, 6.45) is 7.13. The van der Waals surface area contributed by atoms with Crippen LogP contribution in [0.2, 0.25) is 0 Å². The third-order valence-electron chi connectivity index (χ3n) is 4.67. The van der Waals surface area contributed by atoms with Crippen molar-refractivity contribution in [3.05, 3.63) is 53.7 Å². The Morgan fingerprint density at radius 2 is 2.18 bits per heavy atom. The number of nitrogens with zero attached hydrogens (tertiary/aromatic N) is 5. The second-order valence-corrected chi connectivity index (χ2v) is 6.82. The van der Waals surface area contributed by atoms with Gasteiger partial charge in [-0.25, -0.2) is 4.98 Å². The molecule has 0 fully saturated rings. The van der Waals surface area contributed by atoms with Crippen molar-refractivity contribution >= 4 is 16.9 Å². The molecule has 144 valence electrons. The summed E-state index contributed by atoms with van der Waals surface area (Å²) in [5, 5.41) is 12.4. The number of aryl methyl sites for hydroxylation is 4. The molecule has 0 aliphatic carbocycles. The molecule has 4 aromatic rings. The number of amides is 1. The van der Waals surface area contributed by atoms with Gasteiger partial charge in [-0.15, -0.1) is 0 Å². The second kappa shape index (κ2) is 7.30. The van der Waals surface area contributed by atoms with Gasteiger partial charge >= 0.3 is 0 Å². The number of rotatable bonds is 6. The summed E-state index contributed by atoms with van der Waals surface area (Å²) in [5.41, 5.74) is 3.76. The minimum absolute atomic E-state index is 0.137. The van der Waals surface area contributed by atoms with Crippen molar-refractivity contribution in [2.24, 2.45) is 14.1 Å². The molecule has 4 heterocycles. The van der Waals surface area contributed by atoms with Gasteiger partial charge in [-0.05, 0) is 43.5 Å². The molecule has 4 aromatic heterocycles. The van der Waals surface area contributed by atoms with Crippen molar-refractivity contribution in [2.75, 3.05) is 6.54 Å². The molecular formula is C20H22N6O2. The van der Waals surface area contributed by atoms with Crippen molar-refractivity contribution < 1.29 is 9.21 Å². The van der Waals surface area contributed by atoms with E-state index in [9.17, 15) is 4.79 Å². The molecule has 1 N–H and O–H groups in total. The van der Waals surface area contributed by atoms with Crippen molar-refractivity contribution in [1.29, 1.82) is 0 Å². The van der Waals surface area contributed by atoms with Crippen molar-refractivity contribution in [2.45, 2.75) is 19.8 Å². The predicted octanol–water partition coefficient (Wildman–Crippen LogP) is 2.63. The Morgan fingerprint density at radius 1 is 1.32 bits per heavy atom. The van der Waals surface area contributed by atoms with E-state index in [1.807, 2.05) is 39.5 Å². The third kappa shape index (κ3) is 3.40. The number of pyridine rings is 1. The molecule has 0 aliphatic heterocycles. The van der Waals surface area contributed by atoms with Crippen LogP contribution in [-0.2, 0) is 20.5 Å². The number of furan rings is 1. The van der Waals surface area contributed by atoms with Crippen LogP contribution in [0.5, 0.6) is 0 Å². The van der Waals surface area contributed by atoms with Gasteiger partial charge in [0.2, 0.25) is 0 Å². The molecule has 0 unspecified atom stereocenters. The highest BCUT2D eigenvalue weighted by atomic mass is 16.3. The van der Waals surface area contributed by atoms with Crippen LogP contribution in [0.3, 0.4) is 0 Å². The van der Waals surface area contributed by atoms with Crippen LogP contribution in [0.25, 0.3) is 22.5 Å². The average Bonchev–Trinajstić information content (AvgIpc) is 3.40. The molecular weight excluding hydrogens is 356 g/mol.